The molecular weight excluding hydrogens is 260 g/mol. The Morgan fingerprint density at radius 2 is 2.26 bits per heavy atom. The van der Waals surface area contributed by atoms with Gasteiger partial charge in [0.2, 0.25) is 0 Å². The van der Waals surface area contributed by atoms with Crippen LogP contribution < -0.4 is 5.73 Å². The number of aryl methyl sites for hydroxylation is 1. The molecule has 0 atom stereocenters. The first-order valence-corrected chi connectivity index (χ1v) is 7.22. The highest BCUT2D eigenvalue weighted by atomic mass is 32.1. The summed E-state index contributed by atoms with van der Waals surface area (Å²) >= 11 is 1.40. The Morgan fingerprint density at radius 1 is 1.47 bits per heavy atom. The van der Waals surface area contributed by atoms with Crippen LogP contribution in [0, 0.1) is 6.92 Å². The van der Waals surface area contributed by atoms with Gasteiger partial charge in [-0.25, -0.2) is 0 Å². The minimum absolute atomic E-state index is 0.0176. The van der Waals surface area contributed by atoms with E-state index in [-0.39, 0.29) is 5.91 Å². The lowest BCUT2D eigenvalue weighted by molar-refractivity contribution is 0.0723. The van der Waals surface area contributed by atoms with Crippen LogP contribution in [0.4, 0.5) is 5.69 Å². The van der Waals surface area contributed by atoms with Crippen LogP contribution in [-0.2, 0) is 6.54 Å². The van der Waals surface area contributed by atoms with E-state index in [9.17, 15) is 4.79 Å². The van der Waals surface area contributed by atoms with Crippen LogP contribution in [0.15, 0.2) is 28.0 Å². The number of nitrogen functional groups attached to an aromatic ring is 1. The van der Waals surface area contributed by atoms with Crippen molar-refractivity contribution in [1.29, 1.82) is 0 Å². The van der Waals surface area contributed by atoms with Crippen LogP contribution in [-0.4, -0.2) is 16.8 Å². The molecule has 2 heterocycles. The van der Waals surface area contributed by atoms with Gasteiger partial charge in [0.15, 0.2) is 0 Å². The number of amides is 1. The summed E-state index contributed by atoms with van der Waals surface area (Å²) in [5, 5.41) is 1.85. The third-order valence-electron chi connectivity index (χ3n) is 3.26. The maximum Gasteiger partial charge on any atom is 0.266 e. The zero-order valence-corrected chi connectivity index (χ0v) is 11.6. The number of furan rings is 1. The molecule has 4 nitrogen and oxygen atoms in total. The van der Waals surface area contributed by atoms with E-state index in [0.29, 0.717) is 23.2 Å². The summed E-state index contributed by atoms with van der Waals surface area (Å²) in [5.41, 5.74) is 6.40. The second-order valence-electron chi connectivity index (χ2n) is 4.88. The van der Waals surface area contributed by atoms with Gasteiger partial charge >= 0.3 is 0 Å². The molecule has 0 saturated heterocycles. The number of anilines is 1. The van der Waals surface area contributed by atoms with E-state index in [0.717, 1.165) is 24.4 Å². The second kappa shape index (κ2) is 4.74. The largest absolute Gasteiger partial charge is 0.464 e. The normalized spacial score (nSPS) is 14.6. The van der Waals surface area contributed by atoms with Crippen LogP contribution in [0.25, 0.3) is 0 Å². The van der Waals surface area contributed by atoms with Crippen LogP contribution in [0.1, 0.15) is 34.0 Å². The van der Waals surface area contributed by atoms with E-state index < -0.39 is 0 Å². The predicted molar refractivity (Wildman–Crippen MR) is 75.1 cm³/mol. The molecule has 2 N–H and O–H groups in total. The third kappa shape index (κ3) is 2.51. The van der Waals surface area contributed by atoms with E-state index in [1.54, 1.807) is 6.07 Å². The highest BCUT2D eigenvalue weighted by molar-refractivity contribution is 7.12. The van der Waals surface area contributed by atoms with Crippen molar-refractivity contribution in [2.45, 2.75) is 32.4 Å². The van der Waals surface area contributed by atoms with Gasteiger partial charge in [-0.15, -0.1) is 11.3 Å². The molecule has 100 valence electrons. The van der Waals surface area contributed by atoms with Crippen molar-refractivity contribution < 1.29 is 9.21 Å². The van der Waals surface area contributed by atoms with Crippen molar-refractivity contribution in [2.24, 2.45) is 0 Å². The summed E-state index contributed by atoms with van der Waals surface area (Å²) < 4.78 is 5.57. The topological polar surface area (TPSA) is 59.5 Å². The van der Waals surface area contributed by atoms with Gasteiger partial charge in [-0.3, -0.25) is 4.79 Å². The molecule has 3 rings (SSSR count). The average Bonchev–Trinajstić information content (AvgIpc) is 3.01. The lowest BCUT2D eigenvalue weighted by Crippen LogP contribution is -2.32. The van der Waals surface area contributed by atoms with Gasteiger partial charge in [-0.2, -0.15) is 0 Å². The summed E-state index contributed by atoms with van der Waals surface area (Å²) in [4.78, 5) is 15.0. The Labute approximate surface area is 115 Å². The van der Waals surface area contributed by atoms with E-state index in [2.05, 4.69) is 0 Å². The Kier molecular flexibility index (Phi) is 3.06. The Hall–Kier alpha value is -1.75. The lowest BCUT2D eigenvalue weighted by Gasteiger charge is -2.20. The Morgan fingerprint density at radius 3 is 2.79 bits per heavy atom. The minimum Gasteiger partial charge on any atom is -0.464 e. The number of thiophene rings is 1. The number of nitrogens with two attached hydrogens (primary N) is 1. The summed E-state index contributed by atoms with van der Waals surface area (Å²) in [6.07, 6.45) is 2.13. The second-order valence-corrected chi connectivity index (χ2v) is 5.80. The number of hydrogen-bond donors (Lipinski definition) is 1. The smallest absolute Gasteiger partial charge is 0.266 e. The fourth-order valence-electron chi connectivity index (χ4n) is 2.11. The average molecular weight is 276 g/mol. The highest BCUT2D eigenvalue weighted by Crippen LogP contribution is 2.32. The molecule has 1 aliphatic carbocycles. The first-order chi connectivity index (χ1) is 9.15. The summed E-state index contributed by atoms with van der Waals surface area (Å²) in [7, 11) is 0. The molecule has 0 bridgehead atoms. The Balaban J connectivity index is 1.81. The molecule has 2 aromatic rings. The fraction of sp³-hybridized carbons (Fsp3) is 0.357. The van der Waals surface area contributed by atoms with Gasteiger partial charge in [0.25, 0.3) is 5.91 Å². The van der Waals surface area contributed by atoms with Crippen molar-refractivity contribution in [3.05, 3.63) is 40.0 Å². The molecule has 1 saturated carbocycles. The highest BCUT2D eigenvalue weighted by Gasteiger charge is 2.34. The summed E-state index contributed by atoms with van der Waals surface area (Å²) in [6, 6.07) is 5.96. The Bertz CT molecular complexity index is 598. The molecule has 1 fully saturated rings. The van der Waals surface area contributed by atoms with Crippen LogP contribution in [0.3, 0.4) is 0 Å². The standard InChI is InChI=1S/C14H16N2O2S/c1-9-2-5-11(18-9)8-16(10-3-4-10)14(17)13-12(15)6-7-19-13/h2,5-7,10H,3-4,8,15H2,1H3. The van der Waals surface area contributed by atoms with Gasteiger partial charge < -0.3 is 15.1 Å². The van der Waals surface area contributed by atoms with Gasteiger partial charge in [-0.05, 0) is 43.3 Å². The van der Waals surface area contributed by atoms with Crippen molar-refractivity contribution in [1.82, 2.24) is 4.90 Å². The predicted octanol–water partition coefficient (Wildman–Crippen LogP) is 3.04. The maximum atomic E-state index is 12.5. The van der Waals surface area contributed by atoms with Crippen molar-refractivity contribution >= 4 is 22.9 Å². The van der Waals surface area contributed by atoms with Gasteiger partial charge in [0, 0.05) is 6.04 Å². The number of hydrogen-bond acceptors (Lipinski definition) is 4. The van der Waals surface area contributed by atoms with Crippen molar-refractivity contribution in [3.8, 4) is 0 Å². The van der Waals surface area contributed by atoms with Gasteiger partial charge in [0.05, 0.1) is 12.2 Å². The van der Waals surface area contributed by atoms with Crippen LogP contribution >= 0.6 is 11.3 Å². The molecule has 1 aliphatic rings. The monoisotopic (exact) mass is 276 g/mol. The van der Waals surface area contributed by atoms with E-state index >= 15 is 0 Å². The molecule has 0 aliphatic heterocycles. The maximum absolute atomic E-state index is 12.5. The van der Waals surface area contributed by atoms with Crippen molar-refractivity contribution in [3.63, 3.8) is 0 Å². The molecule has 19 heavy (non-hydrogen) atoms. The molecule has 0 aromatic carbocycles. The quantitative estimate of drug-likeness (QED) is 0.933. The summed E-state index contributed by atoms with van der Waals surface area (Å²) in [5.74, 6) is 1.71. The minimum atomic E-state index is 0.0176. The molecule has 0 unspecified atom stereocenters. The van der Waals surface area contributed by atoms with Gasteiger partial charge in [-0.1, -0.05) is 0 Å². The third-order valence-corrected chi connectivity index (χ3v) is 4.18. The summed E-state index contributed by atoms with van der Waals surface area (Å²) in [6.45, 7) is 2.43. The first kappa shape index (κ1) is 12.3. The number of carbonyl (C=O) groups is 1. The molecular formula is C14H16N2O2S. The SMILES string of the molecule is Cc1ccc(CN(C(=O)c2sccc2N)C2CC2)o1. The molecule has 2 aromatic heterocycles. The number of nitrogens with zero attached hydrogens (tertiary/aromatic N) is 1. The molecule has 0 spiro atoms. The van der Waals surface area contributed by atoms with E-state index in [1.165, 1.54) is 11.3 Å². The van der Waals surface area contributed by atoms with Gasteiger partial charge in [0.1, 0.15) is 16.4 Å². The fourth-order valence-corrected chi connectivity index (χ4v) is 2.89. The lowest BCUT2D eigenvalue weighted by atomic mass is 10.3. The zero-order chi connectivity index (χ0) is 13.4. The van der Waals surface area contributed by atoms with Crippen molar-refractivity contribution in [2.75, 3.05) is 5.73 Å². The number of carbonyl (C=O) groups excluding carboxylic acids is 1. The molecule has 5 heteroatoms. The van der Waals surface area contributed by atoms with Crippen LogP contribution in [0.2, 0.25) is 0 Å². The zero-order valence-electron chi connectivity index (χ0n) is 10.8. The molecule has 1 amide bonds. The van der Waals surface area contributed by atoms with E-state index in [1.807, 2.05) is 29.3 Å². The molecule has 0 radical (unpaired) electrons. The van der Waals surface area contributed by atoms with Crippen LogP contribution in [0.5, 0.6) is 0 Å². The first-order valence-electron chi connectivity index (χ1n) is 6.34. The van der Waals surface area contributed by atoms with E-state index in [4.69, 9.17) is 10.2 Å². The number of rotatable bonds is 4.